The molecule has 7 nitrogen and oxygen atoms in total. The highest BCUT2D eigenvalue weighted by Crippen LogP contribution is 2.04. The van der Waals surface area contributed by atoms with Crippen LogP contribution in [0.4, 0.5) is 0 Å². The Hall–Kier alpha value is -1.67. The molecule has 8 heteroatoms. The molecule has 0 atom stereocenters. The molecule has 124 valence electrons. The number of aliphatic imine (C=N–C) groups is 1. The summed E-state index contributed by atoms with van der Waals surface area (Å²) in [5.74, 6) is 0.663. The molecule has 22 heavy (non-hydrogen) atoms. The van der Waals surface area contributed by atoms with Gasteiger partial charge in [0.15, 0.2) is 5.96 Å². The van der Waals surface area contributed by atoms with Gasteiger partial charge in [-0.2, -0.15) is 0 Å². The van der Waals surface area contributed by atoms with E-state index >= 15 is 0 Å². The van der Waals surface area contributed by atoms with E-state index in [1.807, 2.05) is 27.7 Å². The predicted octanol–water partition coefficient (Wildman–Crippen LogP) is 0.714. The summed E-state index contributed by atoms with van der Waals surface area (Å²) < 4.78 is 26.5. The van der Waals surface area contributed by atoms with Crippen LogP contribution in [0.25, 0.3) is 0 Å². The Morgan fingerprint density at radius 1 is 1.36 bits per heavy atom. The molecule has 1 aromatic rings. The van der Waals surface area contributed by atoms with Crippen LogP contribution in [0.2, 0.25) is 0 Å². The SMILES string of the molecule is CCNC(=NCCNS(=O)(=O)c1cccnc1)NC(C)(C)C. The molecule has 1 aromatic heterocycles. The van der Waals surface area contributed by atoms with Crippen molar-refractivity contribution in [2.75, 3.05) is 19.6 Å². The second-order valence-electron chi connectivity index (χ2n) is 5.72. The highest BCUT2D eigenvalue weighted by atomic mass is 32.2. The van der Waals surface area contributed by atoms with Crippen LogP contribution in [0.3, 0.4) is 0 Å². The smallest absolute Gasteiger partial charge is 0.242 e. The summed E-state index contributed by atoms with van der Waals surface area (Å²) in [6, 6.07) is 3.09. The van der Waals surface area contributed by atoms with Crippen molar-refractivity contribution >= 4 is 16.0 Å². The standard InChI is InChI=1S/C14H25N5O2S/c1-5-16-13(19-14(2,3)4)17-9-10-18-22(20,21)12-7-6-8-15-11-12/h6-8,11,18H,5,9-10H2,1-4H3,(H2,16,17,19). The van der Waals surface area contributed by atoms with Gasteiger partial charge in [-0.1, -0.05) is 0 Å². The first kappa shape index (κ1) is 18.4. The molecule has 0 saturated heterocycles. The summed E-state index contributed by atoms with van der Waals surface area (Å²) in [5, 5.41) is 6.36. The number of sulfonamides is 1. The quantitative estimate of drug-likeness (QED) is 0.406. The van der Waals surface area contributed by atoms with Gasteiger partial charge >= 0.3 is 0 Å². The molecule has 1 rings (SSSR count). The van der Waals surface area contributed by atoms with E-state index in [-0.39, 0.29) is 17.0 Å². The van der Waals surface area contributed by atoms with E-state index in [1.165, 1.54) is 18.5 Å². The van der Waals surface area contributed by atoms with Crippen LogP contribution in [0.5, 0.6) is 0 Å². The summed E-state index contributed by atoms with van der Waals surface area (Å²) in [5.41, 5.74) is -0.115. The minimum absolute atomic E-state index is 0.115. The maximum Gasteiger partial charge on any atom is 0.242 e. The average Bonchev–Trinajstić information content (AvgIpc) is 2.43. The van der Waals surface area contributed by atoms with Gasteiger partial charge in [0.05, 0.1) is 6.54 Å². The van der Waals surface area contributed by atoms with Crippen molar-refractivity contribution < 1.29 is 8.42 Å². The van der Waals surface area contributed by atoms with Crippen molar-refractivity contribution in [2.45, 2.75) is 38.1 Å². The average molecular weight is 327 g/mol. The highest BCUT2D eigenvalue weighted by Gasteiger charge is 2.13. The fraction of sp³-hybridized carbons (Fsp3) is 0.571. The third-order valence-corrected chi connectivity index (χ3v) is 3.90. The third-order valence-electron chi connectivity index (χ3n) is 2.46. The highest BCUT2D eigenvalue weighted by molar-refractivity contribution is 7.89. The third kappa shape index (κ3) is 6.86. The zero-order valence-electron chi connectivity index (χ0n) is 13.5. The molecule has 0 amide bonds. The molecule has 1 heterocycles. The summed E-state index contributed by atoms with van der Waals surface area (Å²) in [6.45, 7) is 9.37. The Balaban J connectivity index is 2.56. The lowest BCUT2D eigenvalue weighted by molar-refractivity contribution is 0.501. The van der Waals surface area contributed by atoms with Crippen molar-refractivity contribution in [3.05, 3.63) is 24.5 Å². The Bertz CT molecular complexity index is 579. The topological polar surface area (TPSA) is 95.5 Å². The number of nitrogens with zero attached hydrogens (tertiary/aromatic N) is 2. The van der Waals surface area contributed by atoms with Crippen molar-refractivity contribution in [1.82, 2.24) is 20.3 Å². The largest absolute Gasteiger partial charge is 0.357 e. The van der Waals surface area contributed by atoms with E-state index in [2.05, 4.69) is 25.3 Å². The molecule has 0 bridgehead atoms. The number of nitrogens with one attached hydrogen (secondary N) is 3. The number of hydrogen-bond donors (Lipinski definition) is 3. The molecule has 0 aliphatic heterocycles. The van der Waals surface area contributed by atoms with E-state index in [0.29, 0.717) is 12.5 Å². The minimum atomic E-state index is -3.53. The van der Waals surface area contributed by atoms with Crippen LogP contribution in [0, 0.1) is 0 Å². The number of guanidine groups is 1. The van der Waals surface area contributed by atoms with Crippen molar-refractivity contribution in [3.8, 4) is 0 Å². The van der Waals surface area contributed by atoms with Gasteiger partial charge in [0, 0.05) is 31.0 Å². The van der Waals surface area contributed by atoms with Crippen molar-refractivity contribution in [1.29, 1.82) is 0 Å². The van der Waals surface area contributed by atoms with Gasteiger partial charge < -0.3 is 10.6 Å². The summed E-state index contributed by atoms with van der Waals surface area (Å²) >= 11 is 0. The molecule has 0 spiro atoms. The van der Waals surface area contributed by atoms with Gasteiger partial charge in [-0.3, -0.25) is 9.98 Å². The van der Waals surface area contributed by atoms with E-state index in [1.54, 1.807) is 6.07 Å². The molecule has 3 N–H and O–H groups in total. The lowest BCUT2D eigenvalue weighted by atomic mass is 10.1. The fourth-order valence-electron chi connectivity index (χ4n) is 1.60. The molecular weight excluding hydrogens is 302 g/mol. The Morgan fingerprint density at radius 3 is 2.64 bits per heavy atom. The molecule has 0 aromatic carbocycles. The van der Waals surface area contributed by atoms with Gasteiger partial charge in [-0.05, 0) is 39.8 Å². The zero-order valence-corrected chi connectivity index (χ0v) is 14.4. The maximum atomic E-state index is 12.0. The van der Waals surface area contributed by atoms with E-state index in [0.717, 1.165) is 6.54 Å². The van der Waals surface area contributed by atoms with Crippen molar-refractivity contribution in [3.63, 3.8) is 0 Å². The number of aromatic nitrogens is 1. The molecule has 0 aliphatic carbocycles. The zero-order chi connectivity index (χ0) is 16.6. The van der Waals surface area contributed by atoms with Crippen LogP contribution in [-0.2, 0) is 10.0 Å². The lowest BCUT2D eigenvalue weighted by Gasteiger charge is -2.23. The van der Waals surface area contributed by atoms with Crippen LogP contribution < -0.4 is 15.4 Å². The molecule has 0 fully saturated rings. The second-order valence-corrected chi connectivity index (χ2v) is 7.49. The first-order valence-electron chi connectivity index (χ1n) is 7.21. The molecule has 0 aliphatic rings. The first-order chi connectivity index (χ1) is 10.2. The molecule has 0 unspecified atom stereocenters. The molecule has 0 radical (unpaired) electrons. The number of rotatable bonds is 6. The van der Waals surface area contributed by atoms with Gasteiger partial charge in [-0.25, -0.2) is 13.1 Å². The van der Waals surface area contributed by atoms with Gasteiger partial charge in [0.25, 0.3) is 0 Å². The van der Waals surface area contributed by atoms with Crippen LogP contribution in [0.15, 0.2) is 34.4 Å². The van der Waals surface area contributed by atoms with Crippen LogP contribution >= 0.6 is 0 Å². The molecule has 0 saturated carbocycles. The minimum Gasteiger partial charge on any atom is -0.357 e. The van der Waals surface area contributed by atoms with Gasteiger partial charge in [-0.15, -0.1) is 0 Å². The Labute approximate surface area is 132 Å². The Kier molecular flexibility index (Phi) is 6.76. The maximum absolute atomic E-state index is 12.0. The summed E-state index contributed by atoms with van der Waals surface area (Å²) in [6.07, 6.45) is 2.85. The number of pyridine rings is 1. The van der Waals surface area contributed by atoms with E-state index in [9.17, 15) is 8.42 Å². The van der Waals surface area contributed by atoms with E-state index < -0.39 is 10.0 Å². The van der Waals surface area contributed by atoms with E-state index in [4.69, 9.17) is 0 Å². The van der Waals surface area contributed by atoms with Crippen LogP contribution in [-0.4, -0.2) is 44.5 Å². The monoisotopic (exact) mass is 327 g/mol. The van der Waals surface area contributed by atoms with Crippen LogP contribution in [0.1, 0.15) is 27.7 Å². The second kappa shape index (κ2) is 8.09. The lowest BCUT2D eigenvalue weighted by Crippen LogP contribution is -2.47. The Morgan fingerprint density at radius 2 is 2.09 bits per heavy atom. The van der Waals surface area contributed by atoms with Crippen molar-refractivity contribution in [2.24, 2.45) is 4.99 Å². The van der Waals surface area contributed by atoms with Gasteiger partial charge in [0.2, 0.25) is 10.0 Å². The fourth-order valence-corrected chi connectivity index (χ4v) is 2.58. The van der Waals surface area contributed by atoms with Gasteiger partial charge in [0.1, 0.15) is 4.90 Å². The normalized spacial score (nSPS) is 13.0. The summed E-state index contributed by atoms with van der Waals surface area (Å²) in [7, 11) is -3.53. The number of hydrogen-bond acceptors (Lipinski definition) is 4. The molecular formula is C14H25N5O2S. The first-order valence-corrected chi connectivity index (χ1v) is 8.69. The summed E-state index contributed by atoms with van der Waals surface area (Å²) in [4.78, 5) is 8.30. The predicted molar refractivity (Wildman–Crippen MR) is 88.3 cm³/mol.